The molecule has 1 spiro atoms. The Kier molecular flexibility index (Phi) is 3.29. The quantitative estimate of drug-likeness (QED) is 0.812. The van der Waals surface area contributed by atoms with E-state index in [-0.39, 0.29) is 5.60 Å². The lowest BCUT2D eigenvalue weighted by Gasteiger charge is -2.42. The molecule has 0 atom stereocenters. The van der Waals surface area contributed by atoms with Gasteiger partial charge in [-0.05, 0) is 68.6 Å². The van der Waals surface area contributed by atoms with E-state index in [1.165, 1.54) is 50.5 Å². The first-order valence-electron chi connectivity index (χ1n) is 7.20. The van der Waals surface area contributed by atoms with Crippen LogP contribution < -0.4 is 0 Å². The van der Waals surface area contributed by atoms with Gasteiger partial charge >= 0.3 is 0 Å². The van der Waals surface area contributed by atoms with E-state index >= 15 is 0 Å². The lowest BCUT2D eigenvalue weighted by molar-refractivity contribution is -0.102. The zero-order valence-corrected chi connectivity index (χ0v) is 10.9. The van der Waals surface area contributed by atoms with Crippen LogP contribution in [0, 0.1) is 0 Å². The highest BCUT2D eigenvalue weighted by atomic mass is 16.5. The standard InChI is InChI=1S/C16H22O2/c17-15-5-3-13(4-6-15)14-7-10-16(11-8-14)9-1-2-12-18-16/h3-6,14,17H,1-2,7-12H2. The van der Waals surface area contributed by atoms with Crippen LogP contribution in [0.5, 0.6) is 5.75 Å². The lowest BCUT2D eigenvalue weighted by Crippen LogP contribution is -2.39. The third-order valence-corrected chi connectivity index (χ3v) is 4.70. The van der Waals surface area contributed by atoms with Gasteiger partial charge in [0.2, 0.25) is 0 Å². The maximum atomic E-state index is 9.33. The van der Waals surface area contributed by atoms with E-state index in [4.69, 9.17) is 4.74 Å². The molecule has 1 aromatic rings. The summed E-state index contributed by atoms with van der Waals surface area (Å²) in [5.41, 5.74) is 1.59. The zero-order chi connectivity index (χ0) is 12.4. The van der Waals surface area contributed by atoms with Crippen LogP contribution in [-0.4, -0.2) is 17.3 Å². The fraction of sp³-hybridized carbons (Fsp3) is 0.625. The number of phenolic OH excluding ortho intramolecular Hbond substituents is 1. The second-order valence-electron chi connectivity index (χ2n) is 5.85. The van der Waals surface area contributed by atoms with Crippen LogP contribution in [0.1, 0.15) is 56.4 Å². The van der Waals surface area contributed by atoms with Crippen molar-refractivity contribution < 1.29 is 9.84 Å². The molecule has 1 heterocycles. The van der Waals surface area contributed by atoms with E-state index in [0.29, 0.717) is 11.7 Å². The maximum absolute atomic E-state index is 9.33. The third kappa shape index (κ3) is 2.39. The van der Waals surface area contributed by atoms with Crippen LogP contribution in [0.2, 0.25) is 0 Å². The van der Waals surface area contributed by atoms with E-state index < -0.39 is 0 Å². The van der Waals surface area contributed by atoms with Gasteiger partial charge in [-0.1, -0.05) is 12.1 Å². The Bertz CT molecular complexity index is 380. The molecule has 1 aliphatic heterocycles. The summed E-state index contributed by atoms with van der Waals surface area (Å²) in [6.45, 7) is 0.962. The molecule has 0 unspecified atom stereocenters. The van der Waals surface area contributed by atoms with Gasteiger partial charge in [0.15, 0.2) is 0 Å². The van der Waals surface area contributed by atoms with Crippen molar-refractivity contribution in [3.8, 4) is 5.75 Å². The Morgan fingerprint density at radius 3 is 2.33 bits per heavy atom. The molecule has 3 rings (SSSR count). The number of aromatic hydroxyl groups is 1. The maximum Gasteiger partial charge on any atom is 0.115 e. The lowest BCUT2D eigenvalue weighted by atomic mass is 9.73. The van der Waals surface area contributed by atoms with Gasteiger partial charge in [-0.25, -0.2) is 0 Å². The summed E-state index contributed by atoms with van der Waals surface area (Å²) in [6.07, 6.45) is 8.70. The molecule has 2 aliphatic rings. The van der Waals surface area contributed by atoms with E-state index in [2.05, 4.69) is 12.1 Å². The minimum Gasteiger partial charge on any atom is -0.508 e. The van der Waals surface area contributed by atoms with Gasteiger partial charge < -0.3 is 9.84 Å². The number of phenols is 1. The first kappa shape index (κ1) is 12.0. The van der Waals surface area contributed by atoms with Crippen molar-refractivity contribution in [3.05, 3.63) is 29.8 Å². The fourth-order valence-electron chi connectivity index (χ4n) is 3.53. The number of benzene rings is 1. The summed E-state index contributed by atoms with van der Waals surface area (Å²) in [7, 11) is 0. The van der Waals surface area contributed by atoms with Gasteiger partial charge in [-0.3, -0.25) is 0 Å². The van der Waals surface area contributed by atoms with Crippen LogP contribution in [-0.2, 0) is 4.74 Å². The second-order valence-corrected chi connectivity index (χ2v) is 5.85. The van der Waals surface area contributed by atoms with E-state index in [9.17, 15) is 5.11 Å². The molecule has 18 heavy (non-hydrogen) atoms. The Balaban J connectivity index is 1.64. The minimum absolute atomic E-state index is 0.214. The molecule has 0 amide bonds. The summed E-state index contributed by atoms with van der Waals surface area (Å²) in [4.78, 5) is 0. The SMILES string of the molecule is Oc1ccc(C2CCC3(CCCCO3)CC2)cc1. The molecule has 0 bridgehead atoms. The normalized spacial score (nSPS) is 32.6. The predicted molar refractivity (Wildman–Crippen MR) is 71.8 cm³/mol. The summed E-state index contributed by atoms with van der Waals surface area (Å²) in [5, 5.41) is 9.33. The third-order valence-electron chi connectivity index (χ3n) is 4.70. The van der Waals surface area contributed by atoms with Gasteiger partial charge in [0.25, 0.3) is 0 Å². The number of hydrogen-bond donors (Lipinski definition) is 1. The Morgan fingerprint density at radius 2 is 1.72 bits per heavy atom. The summed E-state index contributed by atoms with van der Waals surface area (Å²) >= 11 is 0. The highest BCUT2D eigenvalue weighted by Gasteiger charge is 2.37. The highest BCUT2D eigenvalue weighted by Crippen LogP contribution is 2.44. The van der Waals surface area contributed by atoms with Crippen molar-refractivity contribution in [1.29, 1.82) is 0 Å². The molecule has 0 aromatic heterocycles. The first-order chi connectivity index (χ1) is 8.77. The van der Waals surface area contributed by atoms with E-state index in [1.807, 2.05) is 0 Å². The second kappa shape index (κ2) is 4.93. The van der Waals surface area contributed by atoms with Crippen molar-refractivity contribution >= 4 is 0 Å². The Morgan fingerprint density at radius 1 is 1.00 bits per heavy atom. The molecule has 2 fully saturated rings. The molecule has 2 heteroatoms. The van der Waals surface area contributed by atoms with Crippen molar-refractivity contribution in [2.75, 3.05) is 6.61 Å². The fourth-order valence-corrected chi connectivity index (χ4v) is 3.53. The average molecular weight is 246 g/mol. The zero-order valence-electron chi connectivity index (χ0n) is 10.9. The minimum atomic E-state index is 0.214. The largest absolute Gasteiger partial charge is 0.508 e. The van der Waals surface area contributed by atoms with E-state index in [1.54, 1.807) is 12.1 Å². The molecule has 1 aromatic carbocycles. The van der Waals surface area contributed by atoms with Gasteiger partial charge in [0, 0.05) is 6.61 Å². The molecule has 98 valence electrons. The van der Waals surface area contributed by atoms with Gasteiger partial charge in [-0.15, -0.1) is 0 Å². The van der Waals surface area contributed by atoms with Crippen molar-refractivity contribution in [2.45, 2.75) is 56.5 Å². The van der Waals surface area contributed by atoms with Crippen LogP contribution in [0.25, 0.3) is 0 Å². The molecule has 1 saturated heterocycles. The Hall–Kier alpha value is -1.02. The topological polar surface area (TPSA) is 29.5 Å². The monoisotopic (exact) mass is 246 g/mol. The first-order valence-corrected chi connectivity index (χ1v) is 7.20. The van der Waals surface area contributed by atoms with Gasteiger partial charge in [0.05, 0.1) is 5.60 Å². The summed E-state index contributed by atoms with van der Waals surface area (Å²) < 4.78 is 6.07. The number of hydrogen-bond acceptors (Lipinski definition) is 2. The molecule has 1 N–H and O–H groups in total. The van der Waals surface area contributed by atoms with Crippen LogP contribution >= 0.6 is 0 Å². The average Bonchev–Trinajstić information content (AvgIpc) is 2.42. The molecule has 2 nitrogen and oxygen atoms in total. The van der Waals surface area contributed by atoms with Crippen LogP contribution in [0.4, 0.5) is 0 Å². The molecule has 1 aliphatic carbocycles. The van der Waals surface area contributed by atoms with Crippen LogP contribution in [0.15, 0.2) is 24.3 Å². The summed E-state index contributed by atoms with van der Waals surface area (Å²) in [6, 6.07) is 7.74. The van der Waals surface area contributed by atoms with Crippen LogP contribution in [0.3, 0.4) is 0 Å². The highest BCUT2D eigenvalue weighted by molar-refractivity contribution is 5.28. The smallest absolute Gasteiger partial charge is 0.115 e. The van der Waals surface area contributed by atoms with Gasteiger partial charge in [-0.2, -0.15) is 0 Å². The molecule has 0 radical (unpaired) electrons. The number of ether oxygens (including phenoxy) is 1. The summed E-state index contributed by atoms with van der Waals surface area (Å²) in [5.74, 6) is 1.02. The van der Waals surface area contributed by atoms with Crippen molar-refractivity contribution in [3.63, 3.8) is 0 Å². The molecular weight excluding hydrogens is 224 g/mol. The van der Waals surface area contributed by atoms with Crippen molar-refractivity contribution in [2.24, 2.45) is 0 Å². The Labute approximate surface area is 109 Å². The molecular formula is C16H22O2. The predicted octanol–water partition coefficient (Wildman–Crippen LogP) is 3.99. The van der Waals surface area contributed by atoms with E-state index in [0.717, 1.165) is 6.61 Å². The van der Waals surface area contributed by atoms with Gasteiger partial charge in [0.1, 0.15) is 5.75 Å². The number of rotatable bonds is 1. The molecule has 1 saturated carbocycles. The van der Waals surface area contributed by atoms with Crippen molar-refractivity contribution in [1.82, 2.24) is 0 Å².